The summed E-state index contributed by atoms with van der Waals surface area (Å²) in [5.74, 6) is -1.30. The van der Waals surface area contributed by atoms with Gasteiger partial charge in [-0.05, 0) is 27.7 Å². The van der Waals surface area contributed by atoms with Gasteiger partial charge in [-0.3, -0.25) is 9.05 Å². The highest BCUT2D eigenvalue weighted by Crippen LogP contribution is 2.51. The van der Waals surface area contributed by atoms with E-state index in [2.05, 4.69) is 0 Å². The van der Waals surface area contributed by atoms with Crippen LogP contribution in [0.1, 0.15) is 27.7 Å². The summed E-state index contributed by atoms with van der Waals surface area (Å²) in [5, 5.41) is -0.465. The molecule has 0 amide bonds. The van der Waals surface area contributed by atoms with Crippen molar-refractivity contribution in [1.29, 1.82) is 0 Å². The zero-order chi connectivity index (χ0) is 15.6. The van der Waals surface area contributed by atoms with E-state index >= 15 is 0 Å². The fourth-order valence-electron chi connectivity index (χ4n) is 1.05. The van der Waals surface area contributed by atoms with Crippen LogP contribution in [0.3, 0.4) is 0 Å². The quantitative estimate of drug-likeness (QED) is 0.263. The van der Waals surface area contributed by atoms with E-state index in [9.17, 15) is 9.36 Å². The summed E-state index contributed by atoms with van der Waals surface area (Å²) >= 11 is 5.78. The molecule has 0 aliphatic rings. The van der Waals surface area contributed by atoms with Gasteiger partial charge in [-0.15, -0.1) is 0 Å². The minimum Gasteiger partial charge on any atom is -0.464 e. The van der Waals surface area contributed by atoms with E-state index in [1.165, 1.54) is 0 Å². The highest BCUT2D eigenvalue weighted by atomic mass is 35.5. The Bertz CT molecular complexity index is 373. The molecule has 118 valence electrons. The van der Waals surface area contributed by atoms with Crippen LogP contribution in [0, 0.1) is 0 Å². The molecule has 0 aliphatic carbocycles. The van der Waals surface area contributed by atoms with Gasteiger partial charge in [0.05, 0.1) is 26.4 Å². The first-order valence-corrected chi connectivity index (χ1v) is 8.06. The Kier molecular flexibility index (Phi) is 9.67. The lowest BCUT2D eigenvalue weighted by Crippen LogP contribution is -2.11. The predicted molar refractivity (Wildman–Crippen MR) is 73.1 cm³/mol. The predicted octanol–water partition coefficient (Wildman–Crippen LogP) is 3.19. The van der Waals surface area contributed by atoms with E-state index in [4.69, 9.17) is 34.6 Å². The van der Waals surface area contributed by atoms with Crippen LogP contribution >= 0.6 is 19.4 Å². The summed E-state index contributed by atoms with van der Waals surface area (Å²) in [6, 6.07) is 0. The number of phosphoric ester groups is 1. The van der Waals surface area contributed by atoms with Crippen molar-refractivity contribution in [2.45, 2.75) is 27.7 Å². The van der Waals surface area contributed by atoms with Gasteiger partial charge >= 0.3 is 19.7 Å². The molecule has 0 rings (SSSR count). The molecule has 0 aromatic rings. The molecule has 0 saturated carbocycles. The first-order chi connectivity index (χ1) is 9.44. The van der Waals surface area contributed by atoms with Crippen molar-refractivity contribution in [3.8, 4) is 0 Å². The molecule has 0 unspecified atom stereocenters. The maximum absolute atomic E-state index is 12.2. The summed E-state index contributed by atoms with van der Waals surface area (Å²) < 4.78 is 36.8. The lowest BCUT2D eigenvalue weighted by molar-refractivity contribution is -0.138. The average Bonchev–Trinajstić information content (AvgIpc) is 2.38. The summed E-state index contributed by atoms with van der Waals surface area (Å²) in [6.07, 6.45) is 0. The number of hydrogen-bond acceptors (Lipinski definition) is 7. The highest BCUT2D eigenvalue weighted by Gasteiger charge is 2.32. The molecule has 0 fully saturated rings. The van der Waals surface area contributed by atoms with Gasteiger partial charge in [0.1, 0.15) is 0 Å². The molecule has 0 N–H and O–H groups in total. The zero-order valence-electron chi connectivity index (χ0n) is 12.0. The third-order valence-corrected chi connectivity index (χ3v) is 3.53. The van der Waals surface area contributed by atoms with Gasteiger partial charge in [0, 0.05) is 0 Å². The van der Waals surface area contributed by atoms with Crippen LogP contribution in [0.5, 0.6) is 0 Å². The molecule has 0 heterocycles. The summed E-state index contributed by atoms with van der Waals surface area (Å²) in [4.78, 5) is 11.5. The van der Waals surface area contributed by atoms with E-state index in [0.717, 1.165) is 0 Å². The number of carbonyl (C=O) groups excluding carboxylic acids is 1. The van der Waals surface area contributed by atoms with Crippen LogP contribution in [0.4, 0.5) is 0 Å². The van der Waals surface area contributed by atoms with Crippen LogP contribution < -0.4 is 0 Å². The van der Waals surface area contributed by atoms with E-state index in [-0.39, 0.29) is 26.4 Å². The van der Waals surface area contributed by atoms with Crippen molar-refractivity contribution in [2.24, 2.45) is 0 Å². The molecule has 20 heavy (non-hydrogen) atoms. The Labute approximate surface area is 123 Å². The fourth-order valence-corrected chi connectivity index (χ4v) is 2.41. The van der Waals surface area contributed by atoms with Crippen molar-refractivity contribution in [2.75, 3.05) is 26.4 Å². The second kappa shape index (κ2) is 10.0. The second-order valence-corrected chi connectivity index (χ2v) is 5.10. The summed E-state index contributed by atoms with van der Waals surface area (Å²) in [5.41, 5.74) is 0. The lowest BCUT2D eigenvalue weighted by atomic mass is 10.6. The third kappa shape index (κ3) is 6.61. The standard InChI is InChI=1S/C11H20ClO7P/c1-5-15-10(13)9(12)11(16-6-2)19-20(14,17-7-3)18-8-4/h5-8H2,1-4H3. The molecule has 7 nitrogen and oxygen atoms in total. The molecule has 0 bridgehead atoms. The van der Waals surface area contributed by atoms with Crippen molar-refractivity contribution < 1.29 is 32.4 Å². The van der Waals surface area contributed by atoms with E-state index < -0.39 is 24.8 Å². The summed E-state index contributed by atoms with van der Waals surface area (Å²) in [7, 11) is -3.89. The smallest absolute Gasteiger partial charge is 0.464 e. The minimum absolute atomic E-state index is 0.0910. The highest BCUT2D eigenvalue weighted by molar-refractivity contribution is 7.48. The van der Waals surface area contributed by atoms with Gasteiger partial charge in [0.2, 0.25) is 5.03 Å². The number of carbonyl (C=O) groups is 1. The zero-order valence-corrected chi connectivity index (χ0v) is 13.7. The number of phosphoric acid groups is 1. The van der Waals surface area contributed by atoms with E-state index in [1.54, 1.807) is 27.7 Å². The second-order valence-electron chi connectivity index (χ2n) is 3.13. The van der Waals surface area contributed by atoms with Crippen LogP contribution in [-0.4, -0.2) is 32.4 Å². The van der Waals surface area contributed by atoms with Crippen LogP contribution in [-0.2, 0) is 32.4 Å². The van der Waals surface area contributed by atoms with Gasteiger partial charge in [-0.25, -0.2) is 9.36 Å². The molecule has 0 aromatic carbocycles. The number of rotatable bonds is 10. The van der Waals surface area contributed by atoms with Crippen molar-refractivity contribution in [3.63, 3.8) is 0 Å². The van der Waals surface area contributed by atoms with Crippen molar-refractivity contribution in [1.82, 2.24) is 0 Å². The fraction of sp³-hybridized carbons (Fsp3) is 0.727. The Morgan fingerprint density at radius 1 is 0.950 bits per heavy atom. The average molecular weight is 331 g/mol. The first-order valence-electron chi connectivity index (χ1n) is 6.22. The van der Waals surface area contributed by atoms with Crippen molar-refractivity contribution >= 4 is 25.4 Å². The number of halogens is 1. The molecular formula is C11H20ClO7P. The van der Waals surface area contributed by atoms with Crippen molar-refractivity contribution in [3.05, 3.63) is 11.0 Å². The normalized spacial score (nSPS) is 12.7. The Hall–Kier alpha value is -0.750. The van der Waals surface area contributed by atoms with E-state index in [0.29, 0.717) is 0 Å². The number of ether oxygens (including phenoxy) is 2. The van der Waals surface area contributed by atoms with Crippen LogP contribution in [0.25, 0.3) is 0 Å². The Morgan fingerprint density at radius 3 is 1.85 bits per heavy atom. The van der Waals surface area contributed by atoms with Gasteiger partial charge in [-0.2, -0.15) is 0 Å². The van der Waals surface area contributed by atoms with Gasteiger partial charge < -0.3 is 14.0 Å². The third-order valence-electron chi connectivity index (χ3n) is 1.68. The molecule has 0 spiro atoms. The van der Waals surface area contributed by atoms with Crippen LogP contribution in [0.15, 0.2) is 11.0 Å². The van der Waals surface area contributed by atoms with E-state index in [1.807, 2.05) is 0 Å². The Morgan fingerprint density at radius 2 is 1.45 bits per heavy atom. The Balaban J connectivity index is 5.21. The molecule has 0 atom stereocenters. The summed E-state index contributed by atoms with van der Waals surface area (Å²) in [6.45, 7) is 6.95. The topological polar surface area (TPSA) is 80.3 Å². The molecule has 0 aliphatic heterocycles. The molecule has 0 radical (unpaired) electrons. The maximum Gasteiger partial charge on any atom is 0.532 e. The molecular weight excluding hydrogens is 311 g/mol. The number of esters is 1. The lowest BCUT2D eigenvalue weighted by Gasteiger charge is -2.19. The van der Waals surface area contributed by atoms with Crippen LogP contribution in [0.2, 0.25) is 0 Å². The van der Waals surface area contributed by atoms with Gasteiger partial charge in [0.25, 0.3) is 0 Å². The number of hydrogen-bond donors (Lipinski definition) is 0. The maximum atomic E-state index is 12.2. The monoisotopic (exact) mass is 330 g/mol. The van der Waals surface area contributed by atoms with Gasteiger partial charge in [-0.1, -0.05) is 11.6 Å². The largest absolute Gasteiger partial charge is 0.532 e. The minimum atomic E-state index is -3.89. The molecule has 0 aromatic heterocycles. The first kappa shape index (κ1) is 19.2. The molecule has 9 heteroatoms. The molecule has 0 saturated heterocycles. The van der Waals surface area contributed by atoms with Gasteiger partial charge in [0.15, 0.2) is 0 Å². The SMILES string of the molecule is CCOC(=O)C(Cl)=C(OCC)OP(=O)(OCC)OCC.